The molecule has 0 radical (unpaired) electrons. The van der Waals surface area contributed by atoms with E-state index >= 15 is 0 Å². The Morgan fingerprint density at radius 1 is 1.24 bits per heavy atom. The summed E-state index contributed by atoms with van der Waals surface area (Å²) >= 11 is 0. The van der Waals surface area contributed by atoms with Crippen LogP contribution in [0.25, 0.3) is 0 Å². The Morgan fingerprint density at radius 2 is 2.18 bits per heavy atom. The summed E-state index contributed by atoms with van der Waals surface area (Å²) in [7, 11) is 0. The maximum atomic E-state index is 4.07. The average molecular weight is 252 g/mol. The van der Waals surface area contributed by atoms with E-state index in [1.807, 2.05) is 31.0 Å². The van der Waals surface area contributed by atoms with Crippen molar-refractivity contribution in [3.8, 4) is 0 Å². The van der Waals surface area contributed by atoms with Crippen LogP contribution in [0.15, 0.2) is 43.2 Å². The van der Waals surface area contributed by atoms with Crippen molar-refractivity contribution in [1.82, 2.24) is 19.9 Å². The van der Waals surface area contributed by atoms with Crippen LogP contribution >= 0.6 is 0 Å². The van der Waals surface area contributed by atoms with E-state index in [1.54, 1.807) is 6.20 Å². The molecule has 0 atom stereocenters. The molecule has 2 aromatic rings. The van der Waals surface area contributed by atoms with Gasteiger partial charge in [0.2, 0.25) is 0 Å². The van der Waals surface area contributed by atoms with Crippen LogP contribution in [0, 0.1) is 0 Å². The highest BCUT2D eigenvalue weighted by molar-refractivity contribution is 5.07. The van der Waals surface area contributed by atoms with E-state index in [0.717, 1.165) is 26.1 Å². The minimum Gasteiger partial charge on any atom is -1.00 e. The van der Waals surface area contributed by atoms with Crippen molar-refractivity contribution in [2.45, 2.75) is 19.5 Å². The van der Waals surface area contributed by atoms with Crippen molar-refractivity contribution in [1.29, 1.82) is 0 Å². The summed E-state index contributed by atoms with van der Waals surface area (Å²) in [6.07, 6.45) is 10.4. The van der Waals surface area contributed by atoms with Gasteiger partial charge in [-0.05, 0) is 24.6 Å². The number of hydrogen-bond acceptors (Lipinski definition) is 3. The van der Waals surface area contributed by atoms with Crippen LogP contribution in [-0.4, -0.2) is 21.1 Å². The van der Waals surface area contributed by atoms with Gasteiger partial charge in [0, 0.05) is 37.9 Å². The standard InChI is InChI=1S/C12H16N4.ClH/c1-3-12(9-13-4-1)10-14-5-2-7-16-8-6-15-11-16;/h1,3-4,6,8-9,11,14H,2,5,7,10H2;1H/p-1. The molecule has 17 heavy (non-hydrogen) atoms. The fraction of sp³-hybridized carbons (Fsp3) is 0.333. The fourth-order valence-corrected chi connectivity index (χ4v) is 1.54. The van der Waals surface area contributed by atoms with Gasteiger partial charge in [0.15, 0.2) is 0 Å². The lowest BCUT2D eigenvalue weighted by Gasteiger charge is -2.04. The molecular weight excluding hydrogens is 236 g/mol. The van der Waals surface area contributed by atoms with E-state index in [1.165, 1.54) is 5.56 Å². The maximum absolute atomic E-state index is 4.07. The monoisotopic (exact) mass is 251 g/mol. The largest absolute Gasteiger partial charge is 1.00 e. The third-order valence-electron chi connectivity index (χ3n) is 2.38. The van der Waals surface area contributed by atoms with Gasteiger partial charge in [0.1, 0.15) is 0 Å². The van der Waals surface area contributed by atoms with E-state index in [2.05, 4.69) is 25.9 Å². The smallest absolute Gasteiger partial charge is 0.0945 e. The van der Waals surface area contributed by atoms with E-state index in [0.29, 0.717) is 0 Å². The lowest BCUT2D eigenvalue weighted by atomic mass is 10.3. The Balaban J connectivity index is 0.00000144. The SMILES string of the molecule is [Cl-].c1cncc(CNCCCn2ccnc2)c1. The normalized spacial score (nSPS) is 9.88. The highest BCUT2D eigenvalue weighted by Crippen LogP contribution is 1.95. The minimum atomic E-state index is 0. The molecule has 0 aliphatic rings. The number of aryl methyl sites for hydroxylation is 1. The van der Waals surface area contributed by atoms with Crippen LogP contribution in [0.2, 0.25) is 0 Å². The van der Waals surface area contributed by atoms with E-state index in [4.69, 9.17) is 0 Å². The van der Waals surface area contributed by atoms with Crippen molar-refractivity contribution < 1.29 is 12.4 Å². The first kappa shape index (κ1) is 13.7. The average Bonchev–Trinajstić information content (AvgIpc) is 2.83. The molecule has 92 valence electrons. The summed E-state index contributed by atoms with van der Waals surface area (Å²) in [4.78, 5) is 8.07. The molecular formula is C12H16ClN4-. The molecule has 0 aromatic carbocycles. The fourth-order valence-electron chi connectivity index (χ4n) is 1.54. The summed E-state index contributed by atoms with van der Waals surface area (Å²) in [6.45, 7) is 2.91. The van der Waals surface area contributed by atoms with Gasteiger partial charge in [0.25, 0.3) is 0 Å². The first-order valence-corrected chi connectivity index (χ1v) is 5.50. The van der Waals surface area contributed by atoms with Crippen LogP contribution in [0.1, 0.15) is 12.0 Å². The number of imidazole rings is 1. The molecule has 0 amide bonds. The van der Waals surface area contributed by atoms with Crippen LogP contribution in [-0.2, 0) is 13.1 Å². The van der Waals surface area contributed by atoms with E-state index in [-0.39, 0.29) is 12.4 Å². The number of pyridine rings is 1. The second kappa shape index (κ2) is 7.81. The quantitative estimate of drug-likeness (QED) is 0.633. The number of rotatable bonds is 6. The Labute approximate surface area is 108 Å². The second-order valence-corrected chi connectivity index (χ2v) is 3.69. The van der Waals surface area contributed by atoms with Crippen molar-refractivity contribution >= 4 is 0 Å². The van der Waals surface area contributed by atoms with Crippen molar-refractivity contribution in [2.75, 3.05) is 6.54 Å². The van der Waals surface area contributed by atoms with Gasteiger partial charge in [-0.1, -0.05) is 6.07 Å². The zero-order valence-electron chi connectivity index (χ0n) is 9.59. The molecule has 2 heterocycles. The highest BCUT2D eigenvalue weighted by atomic mass is 35.5. The summed E-state index contributed by atoms with van der Waals surface area (Å²) < 4.78 is 2.09. The Morgan fingerprint density at radius 3 is 2.88 bits per heavy atom. The van der Waals surface area contributed by atoms with E-state index in [9.17, 15) is 0 Å². The number of nitrogens with zero attached hydrogens (tertiary/aromatic N) is 3. The number of aromatic nitrogens is 3. The molecule has 0 spiro atoms. The van der Waals surface area contributed by atoms with Gasteiger partial charge in [0.05, 0.1) is 6.33 Å². The van der Waals surface area contributed by atoms with Crippen LogP contribution in [0.3, 0.4) is 0 Å². The minimum absolute atomic E-state index is 0. The number of halogens is 1. The third kappa shape index (κ3) is 4.97. The van der Waals surface area contributed by atoms with Crippen LogP contribution in [0.5, 0.6) is 0 Å². The van der Waals surface area contributed by atoms with Crippen molar-refractivity contribution in [2.24, 2.45) is 0 Å². The molecule has 0 aliphatic carbocycles. The van der Waals surface area contributed by atoms with E-state index < -0.39 is 0 Å². The van der Waals surface area contributed by atoms with Gasteiger partial charge >= 0.3 is 0 Å². The zero-order chi connectivity index (χ0) is 11.1. The maximum Gasteiger partial charge on any atom is 0.0945 e. The van der Waals surface area contributed by atoms with Crippen LogP contribution < -0.4 is 17.7 Å². The molecule has 0 unspecified atom stereocenters. The number of nitrogens with one attached hydrogen (secondary N) is 1. The van der Waals surface area contributed by atoms with Gasteiger partial charge in [-0.3, -0.25) is 4.98 Å². The third-order valence-corrected chi connectivity index (χ3v) is 2.38. The Bertz CT molecular complexity index is 388. The van der Waals surface area contributed by atoms with Crippen molar-refractivity contribution in [3.05, 3.63) is 48.8 Å². The molecule has 0 aliphatic heterocycles. The molecule has 0 bridgehead atoms. The molecule has 1 N–H and O–H groups in total. The lowest BCUT2D eigenvalue weighted by Crippen LogP contribution is -3.00. The predicted octanol–water partition coefficient (Wildman–Crippen LogP) is -1.54. The zero-order valence-corrected chi connectivity index (χ0v) is 10.3. The van der Waals surface area contributed by atoms with Gasteiger partial charge in [-0.25, -0.2) is 4.98 Å². The Hall–Kier alpha value is -1.39. The summed E-state index contributed by atoms with van der Waals surface area (Å²) in [5.41, 5.74) is 1.23. The van der Waals surface area contributed by atoms with Crippen molar-refractivity contribution in [3.63, 3.8) is 0 Å². The van der Waals surface area contributed by atoms with Crippen LogP contribution in [0.4, 0.5) is 0 Å². The molecule has 4 nitrogen and oxygen atoms in total. The lowest BCUT2D eigenvalue weighted by molar-refractivity contribution is -0.00000345. The second-order valence-electron chi connectivity index (χ2n) is 3.69. The van der Waals surface area contributed by atoms with Gasteiger partial charge in [-0.2, -0.15) is 0 Å². The molecule has 0 saturated heterocycles. The number of hydrogen-bond donors (Lipinski definition) is 1. The molecule has 0 fully saturated rings. The highest BCUT2D eigenvalue weighted by Gasteiger charge is 1.92. The first-order chi connectivity index (χ1) is 7.95. The Kier molecular flexibility index (Phi) is 6.29. The first-order valence-electron chi connectivity index (χ1n) is 5.50. The molecule has 0 saturated carbocycles. The predicted molar refractivity (Wildman–Crippen MR) is 62.8 cm³/mol. The molecule has 2 aromatic heterocycles. The van der Waals surface area contributed by atoms with Gasteiger partial charge in [-0.15, -0.1) is 0 Å². The topological polar surface area (TPSA) is 42.7 Å². The summed E-state index contributed by atoms with van der Waals surface area (Å²) in [5.74, 6) is 0. The summed E-state index contributed by atoms with van der Waals surface area (Å²) in [6, 6.07) is 4.04. The summed E-state index contributed by atoms with van der Waals surface area (Å²) in [5, 5.41) is 3.39. The molecule has 2 rings (SSSR count). The molecule has 5 heteroatoms. The van der Waals surface area contributed by atoms with Gasteiger partial charge < -0.3 is 22.3 Å².